The number of nitrogens with zero attached hydrogens (tertiary/aromatic N) is 7. The van der Waals surface area contributed by atoms with Crippen molar-refractivity contribution in [3.8, 4) is 0 Å². The molecule has 0 aliphatic carbocycles. The molecule has 1 aliphatic heterocycles. The van der Waals surface area contributed by atoms with Gasteiger partial charge in [-0.1, -0.05) is 123 Å². The molecular weight excluding hydrogens is 1180 g/mol. The van der Waals surface area contributed by atoms with Crippen LogP contribution in [-0.2, 0) is 57.5 Å². The minimum absolute atomic E-state index is 0.0123. The molecule has 12 amide bonds. The monoisotopic (exact) mass is 1300 g/mol. The van der Waals surface area contributed by atoms with Crippen LogP contribution >= 0.6 is 0 Å². The average Bonchev–Trinajstić information content (AvgIpc) is 0.820. The van der Waals surface area contributed by atoms with E-state index in [1.54, 1.807) is 41.5 Å². The molecule has 1 fully saturated rings. The maximum absolute atomic E-state index is 15.3. The highest BCUT2D eigenvalue weighted by molar-refractivity contribution is 5.99. The lowest BCUT2D eigenvalue weighted by atomic mass is 9.90. The molecule has 0 radical (unpaired) electrons. The SMILES string of the molecule is CC[C@H]1NC(=O)[C@H]([C@H](O)[C@H](C)CCCCCCCNC(C)=O)N(C)C(=O)[C@@H](C(C)C)N(C)C(=O)[C@@H](CC(C)C)N(C)C(=O)[C@H](CC(C)C)N(C)C(=O)[C@H](C)NC(=O)[C@@H](C)NC(=O)[C@@H](CC(C)C)N(C)C(=O)[C@@H](C(C)C)NC(=O)[C@H](CC(C)C)N(C)C(=O)CN(C)C1=O. The molecule has 12 atom stereocenters. The van der Waals surface area contributed by atoms with Crippen LogP contribution in [0.4, 0.5) is 0 Å². The smallest absolute Gasteiger partial charge is 0.246 e. The number of hydrogen-bond donors (Lipinski definition) is 6. The fourth-order valence-electron chi connectivity index (χ4n) is 11.7. The summed E-state index contributed by atoms with van der Waals surface area (Å²) in [7, 11) is 9.94. The highest BCUT2D eigenvalue weighted by atomic mass is 16.3. The number of likely N-dealkylation sites (N-methyl/N-ethyl adjacent to an activating group) is 7. The molecule has 1 saturated heterocycles. The van der Waals surface area contributed by atoms with E-state index in [2.05, 4.69) is 26.6 Å². The first-order valence-corrected chi connectivity index (χ1v) is 33.6. The predicted molar refractivity (Wildman–Crippen MR) is 355 cm³/mol. The van der Waals surface area contributed by atoms with E-state index < -0.39 is 156 Å². The Hall–Kier alpha value is -6.40. The van der Waals surface area contributed by atoms with Gasteiger partial charge in [0.05, 0.1) is 12.6 Å². The summed E-state index contributed by atoms with van der Waals surface area (Å²) in [5.41, 5.74) is 0. The second kappa shape index (κ2) is 39.3. The third-order valence-electron chi connectivity index (χ3n) is 17.5. The number of hydrogen-bond acceptors (Lipinski definition) is 13. The van der Waals surface area contributed by atoms with Crippen LogP contribution in [0.1, 0.15) is 188 Å². The van der Waals surface area contributed by atoms with Crippen molar-refractivity contribution >= 4 is 70.9 Å². The van der Waals surface area contributed by atoms with Gasteiger partial charge in [0.25, 0.3) is 0 Å². The lowest BCUT2D eigenvalue weighted by molar-refractivity contribution is -0.157. The van der Waals surface area contributed by atoms with E-state index in [0.717, 1.165) is 35.5 Å². The molecule has 6 N–H and O–H groups in total. The zero-order chi connectivity index (χ0) is 71.1. The molecule has 1 aliphatic rings. The number of carbonyl (C=O) groups is 12. The Labute approximate surface area is 551 Å². The minimum Gasteiger partial charge on any atom is -0.390 e. The number of nitrogens with one attached hydrogen (secondary N) is 5. The van der Waals surface area contributed by atoms with E-state index in [9.17, 15) is 43.5 Å². The number of carbonyl (C=O) groups excluding carboxylic acids is 12. The first-order chi connectivity index (χ1) is 42.6. The molecule has 25 heteroatoms. The largest absolute Gasteiger partial charge is 0.390 e. The van der Waals surface area contributed by atoms with Crippen LogP contribution in [0, 0.1) is 41.4 Å². The van der Waals surface area contributed by atoms with Gasteiger partial charge in [-0.15, -0.1) is 0 Å². The summed E-state index contributed by atoms with van der Waals surface area (Å²) in [6.45, 7) is 29.6. The highest BCUT2D eigenvalue weighted by Crippen LogP contribution is 2.26. The van der Waals surface area contributed by atoms with Crippen LogP contribution in [0.5, 0.6) is 0 Å². The van der Waals surface area contributed by atoms with Crippen molar-refractivity contribution in [2.24, 2.45) is 41.4 Å². The molecule has 0 aromatic carbocycles. The van der Waals surface area contributed by atoms with Gasteiger partial charge in [0, 0.05) is 62.8 Å². The van der Waals surface area contributed by atoms with E-state index in [1.165, 1.54) is 94.6 Å². The van der Waals surface area contributed by atoms with E-state index in [0.29, 0.717) is 19.4 Å². The normalized spacial score (nSPS) is 25.6. The Morgan fingerprint density at radius 1 is 0.467 bits per heavy atom. The standard InChI is InChI=1S/C67H122N12O13/c1-25-48-63(88)73(18)37-53(81)74(19)49(33-38(2)3)60(85)72-54(42(10)11)66(91)75(20)50(34-39(4)5)59(84)69-45(15)58(83)70-46(16)62(87)76(21)51(35-40(6)7)64(89)77(22)52(36-41(8)9)65(90)78(23)55(43(12)13)67(92)79(24)56(61(86)71-48)57(82)44(14)31-29-27-26-28-30-32-68-47(17)80/h38-46,48-52,54-57,82H,25-37H2,1-24H3,(H,68,80)(H,69,84)(H,70,83)(H,71,86)(H,72,85)/t44-,45-,46+,48-,49+,50-,51+,52-,54-,55-,56+,57-/m1/s1. The fraction of sp³-hybridized carbons (Fsp3) is 0.821. The maximum atomic E-state index is 15.3. The molecule has 25 nitrogen and oxygen atoms in total. The molecule has 0 unspecified atom stereocenters. The van der Waals surface area contributed by atoms with Gasteiger partial charge < -0.3 is 66.0 Å². The van der Waals surface area contributed by atoms with Gasteiger partial charge in [-0.05, 0) is 100 Å². The maximum Gasteiger partial charge on any atom is 0.246 e. The van der Waals surface area contributed by atoms with Crippen molar-refractivity contribution in [3.05, 3.63) is 0 Å². The van der Waals surface area contributed by atoms with Crippen molar-refractivity contribution in [1.29, 1.82) is 0 Å². The lowest BCUT2D eigenvalue weighted by Gasteiger charge is -2.41. The predicted octanol–water partition coefficient (Wildman–Crippen LogP) is 3.78. The summed E-state index contributed by atoms with van der Waals surface area (Å²) in [6.07, 6.45) is 3.48. The highest BCUT2D eigenvalue weighted by Gasteiger charge is 2.46. The average molecular weight is 1300 g/mol. The van der Waals surface area contributed by atoms with E-state index in [4.69, 9.17) is 0 Å². The van der Waals surface area contributed by atoms with Crippen molar-refractivity contribution in [1.82, 2.24) is 60.9 Å². The molecule has 528 valence electrons. The number of rotatable bonds is 21. The van der Waals surface area contributed by atoms with Crippen LogP contribution in [0.2, 0.25) is 0 Å². The number of amides is 12. The first kappa shape index (κ1) is 83.6. The summed E-state index contributed by atoms with van der Waals surface area (Å²) < 4.78 is 0. The van der Waals surface area contributed by atoms with Gasteiger partial charge in [-0.25, -0.2) is 0 Å². The topological polar surface area (TPSA) is 308 Å². The van der Waals surface area contributed by atoms with Gasteiger partial charge in [0.1, 0.15) is 60.4 Å². The van der Waals surface area contributed by atoms with Crippen molar-refractivity contribution in [3.63, 3.8) is 0 Å². The van der Waals surface area contributed by atoms with E-state index in [-0.39, 0.29) is 61.7 Å². The Bertz CT molecular complexity index is 2470. The summed E-state index contributed by atoms with van der Waals surface area (Å²) in [5, 5.41) is 26.2. The zero-order valence-corrected chi connectivity index (χ0v) is 60.6. The molecule has 0 spiro atoms. The van der Waals surface area contributed by atoms with Crippen LogP contribution < -0.4 is 26.6 Å². The molecule has 0 aromatic rings. The van der Waals surface area contributed by atoms with Crippen molar-refractivity contribution in [2.75, 3.05) is 62.4 Å². The van der Waals surface area contributed by atoms with E-state index in [1.807, 2.05) is 55.4 Å². The van der Waals surface area contributed by atoms with Crippen molar-refractivity contribution in [2.45, 2.75) is 255 Å². The Morgan fingerprint density at radius 3 is 1.37 bits per heavy atom. The Morgan fingerprint density at radius 2 is 0.891 bits per heavy atom. The first-order valence-electron chi connectivity index (χ1n) is 33.6. The quantitative estimate of drug-likeness (QED) is 0.0893. The van der Waals surface area contributed by atoms with Crippen LogP contribution in [0.15, 0.2) is 0 Å². The van der Waals surface area contributed by atoms with Gasteiger partial charge in [0.2, 0.25) is 70.9 Å². The molecule has 92 heavy (non-hydrogen) atoms. The van der Waals surface area contributed by atoms with Crippen LogP contribution in [-0.4, -0.2) is 239 Å². The molecule has 0 aromatic heterocycles. The van der Waals surface area contributed by atoms with E-state index >= 15 is 19.2 Å². The number of aliphatic hydroxyl groups excluding tert-OH is 1. The zero-order valence-electron chi connectivity index (χ0n) is 60.6. The third-order valence-corrected chi connectivity index (χ3v) is 17.5. The van der Waals surface area contributed by atoms with Gasteiger partial charge in [-0.2, -0.15) is 0 Å². The number of unbranched alkanes of at least 4 members (excludes halogenated alkanes) is 4. The molecule has 0 saturated carbocycles. The van der Waals surface area contributed by atoms with Crippen LogP contribution in [0.3, 0.4) is 0 Å². The third kappa shape index (κ3) is 25.1. The number of aliphatic hydroxyl groups is 1. The van der Waals surface area contributed by atoms with Crippen LogP contribution in [0.25, 0.3) is 0 Å². The Kier molecular flexibility index (Phi) is 35.8. The second-order valence-electron chi connectivity index (χ2n) is 28.3. The molecule has 1 rings (SSSR count). The Balaban J connectivity index is 4.29. The summed E-state index contributed by atoms with van der Waals surface area (Å²) in [5.74, 6) is -9.90. The molecular formula is C67H122N12O13. The van der Waals surface area contributed by atoms with Gasteiger partial charge in [-0.3, -0.25) is 57.5 Å². The second-order valence-corrected chi connectivity index (χ2v) is 28.3. The summed E-state index contributed by atoms with van der Waals surface area (Å²) >= 11 is 0. The van der Waals surface area contributed by atoms with Crippen molar-refractivity contribution < 1.29 is 62.6 Å². The van der Waals surface area contributed by atoms with Gasteiger partial charge >= 0.3 is 0 Å². The molecule has 1 heterocycles. The van der Waals surface area contributed by atoms with Gasteiger partial charge in [0.15, 0.2) is 0 Å². The minimum atomic E-state index is -1.62. The lowest BCUT2D eigenvalue weighted by Crippen LogP contribution is -2.63. The summed E-state index contributed by atoms with van der Waals surface area (Å²) in [6, 6.07) is -12.4. The summed E-state index contributed by atoms with van der Waals surface area (Å²) in [4.78, 5) is 181. The molecule has 0 bridgehead atoms. The fourth-order valence-corrected chi connectivity index (χ4v) is 11.7.